The Hall–Kier alpha value is -1.46. The van der Waals surface area contributed by atoms with E-state index in [1.807, 2.05) is 4.90 Å². The summed E-state index contributed by atoms with van der Waals surface area (Å²) in [6.07, 6.45) is 7.38. The molecule has 1 spiro atoms. The van der Waals surface area contributed by atoms with Gasteiger partial charge in [-0.2, -0.15) is 0 Å². The third kappa shape index (κ3) is 3.31. The van der Waals surface area contributed by atoms with Crippen LogP contribution in [0.5, 0.6) is 0 Å². The molecule has 1 atom stereocenters. The molecule has 2 aliphatic rings. The molecule has 0 radical (unpaired) electrons. The molecule has 1 aromatic heterocycles. The fraction of sp³-hybridized carbons (Fsp3) is 0.647. The maximum absolute atomic E-state index is 12.4. The highest BCUT2D eigenvalue weighted by atomic mass is 16.5. The topological polar surface area (TPSA) is 51.7 Å². The third-order valence-corrected chi connectivity index (χ3v) is 4.91. The van der Waals surface area contributed by atoms with Crippen LogP contribution in [-0.4, -0.2) is 54.8 Å². The summed E-state index contributed by atoms with van der Waals surface area (Å²) in [7, 11) is 1.74. The minimum Gasteiger partial charge on any atom is -0.385 e. The molecule has 1 amide bonds. The first-order valence-electron chi connectivity index (χ1n) is 8.05. The molecule has 3 rings (SSSR count). The molecule has 22 heavy (non-hydrogen) atoms. The van der Waals surface area contributed by atoms with Crippen molar-refractivity contribution in [3.8, 4) is 0 Å². The molecule has 0 unspecified atom stereocenters. The number of ether oxygens (including phenoxy) is 2. The second-order valence-corrected chi connectivity index (χ2v) is 6.37. The van der Waals surface area contributed by atoms with Crippen molar-refractivity contribution in [1.82, 2.24) is 9.88 Å². The monoisotopic (exact) mass is 304 g/mol. The summed E-state index contributed by atoms with van der Waals surface area (Å²) >= 11 is 0. The Morgan fingerprint density at radius 3 is 2.82 bits per heavy atom. The van der Waals surface area contributed by atoms with Gasteiger partial charge in [-0.25, -0.2) is 0 Å². The Labute approximate surface area is 131 Å². The number of nitrogens with zero attached hydrogens (tertiary/aromatic N) is 2. The smallest absolute Gasteiger partial charge is 0.253 e. The highest BCUT2D eigenvalue weighted by Gasteiger charge is 2.43. The Morgan fingerprint density at radius 1 is 1.41 bits per heavy atom. The average molecular weight is 304 g/mol. The number of aromatic nitrogens is 1. The van der Waals surface area contributed by atoms with Gasteiger partial charge in [-0.3, -0.25) is 9.78 Å². The summed E-state index contributed by atoms with van der Waals surface area (Å²) in [5, 5.41) is 0. The molecule has 0 bridgehead atoms. The van der Waals surface area contributed by atoms with Gasteiger partial charge >= 0.3 is 0 Å². The van der Waals surface area contributed by atoms with Crippen molar-refractivity contribution in [1.29, 1.82) is 0 Å². The highest BCUT2D eigenvalue weighted by Crippen LogP contribution is 2.39. The SMILES string of the molecule is COCC[C@@H]1COC2(CCN(C(=O)c3ccncc3)CC2)C1. The molecule has 2 aliphatic heterocycles. The summed E-state index contributed by atoms with van der Waals surface area (Å²) in [6, 6.07) is 3.55. The van der Waals surface area contributed by atoms with Crippen molar-refractivity contribution in [3.63, 3.8) is 0 Å². The number of amides is 1. The minimum absolute atomic E-state index is 0.00652. The normalized spacial score (nSPS) is 23.9. The van der Waals surface area contributed by atoms with Gasteiger partial charge in [0.1, 0.15) is 0 Å². The number of pyridine rings is 1. The van der Waals surface area contributed by atoms with Crippen LogP contribution in [0.2, 0.25) is 0 Å². The van der Waals surface area contributed by atoms with Crippen molar-refractivity contribution in [2.45, 2.75) is 31.3 Å². The lowest BCUT2D eigenvalue weighted by atomic mass is 9.84. The first-order chi connectivity index (χ1) is 10.7. The number of hydrogen-bond donors (Lipinski definition) is 0. The predicted molar refractivity (Wildman–Crippen MR) is 82.7 cm³/mol. The molecule has 0 N–H and O–H groups in total. The van der Waals surface area contributed by atoms with E-state index in [2.05, 4.69) is 4.98 Å². The van der Waals surface area contributed by atoms with Crippen LogP contribution in [0.15, 0.2) is 24.5 Å². The first-order valence-corrected chi connectivity index (χ1v) is 8.05. The fourth-order valence-corrected chi connectivity index (χ4v) is 3.55. The van der Waals surface area contributed by atoms with Crippen LogP contribution in [0.3, 0.4) is 0 Å². The lowest BCUT2D eigenvalue weighted by Gasteiger charge is -2.38. The van der Waals surface area contributed by atoms with Gasteiger partial charge in [0.25, 0.3) is 5.91 Å². The quantitative estimate of drug-likeness (QED) is 0.855. The van der Waals surface area contributed by atoms with E-state index in [0.717, 1.165) is 57.6 Å². The summed E-state index contributed by atoms with van der Waals surface area (Å²) in [4.78, 5) is 18.3. The molecule has 2 fully saturated rings. The van der Waals surface area contributed by atoms with E-state index in [4.69, 9.17) is 9.47 Å². The van der Waals surface area contributed by atoms with E-state index in [1.165, 1.54) is 0 Å². The van der Waals surface area contributed by atoms with Crippen LogP contribution in [0.1, 0.15) is 36.0 Å². The molecule has 2 saturated heterocycles. The largest absolute Gasteiger partial charge is 0.385 e. The lowest BCUT2D eigenvalue weighted by molar-refractivity contribution is -0.0392. The van der Waals surface area contributed by atoms with Crippen LogP contribution in [0.25, 0.3) is 0 Å². The molecule has 0 aromatic carbocycles. The molecule has 3 heterocycles. The van der Waals surface area contributed by atoms with E-state index < -0.39 is 0 Å². The van der Waals surface area contributed by atoms with Gasteiger partial charge in [0, 0.05) is 44.8 Å². The van der Waals surface area contributed by atoms with Gasteiger partial charge in [-0.1, -0.05) is 0 Å². The Bertz CT molecular complexity index is 498. The van der Waals surface area contributed by atoms with Crippen LogP contribution in [0.4, 0.5) is 0 Å². The maximum atomic E-state index is 12.4. The highest BCUT2D eigenvalue weighted by molar-refractivity contribution is 5.94. The molecule has 5 nitrogen and oxygen atoms in total. The minimum atomic E-state index is -0.00652. The number of rotatable bonds is 4. The molecular formula is C17H24N2O3. The van der Waals surface area contributed by atoms with E-state index in [1.54, 1.807) is 31.6 Å². The van der Waals surface area contributed by atoms with Crippen molar-refractivity contribution in [2.75, 3.05) is 33.4 Å². The Balaban J connectivity index is 1.54. The van der Waals surface area contributed by atoms with E-state index in [0.29, 0.717) is 5.92 Å². The molecular weight excluding hydrogens is 280 g/mol. The zero-order valence-corrected chi connectivity index (χ0v) is 13.2. The second kappa shape index (κ2) is 6.75. The van der Waals surface area contributed by atoms with Gasteiger partial charge < -0.3 is 14.4 Å². The molecule has 1 aromatic rings. The summed E-state index contributed by atoms with van der Waals surface area (Å²) < 4.78 is 11.3. The zero-order chi connectivity index (χ0) is 15.4. The number of carbonyl (C=O) groups excluding carboxylic acids is 1. The summed E-state index contributed by atoms with van der Waals surface area (Å²) in [6.45, 7) is 3.19. The van der Waals surface area contributed by atoms with Gasteiger partial charge in [0.2, 0.25) is 0 Å². The van der Waals surface area contributed by atoms with E-state index >= 15 is 0 Å². The van der Waals surface area contributed by atoms with Crippen LogP contribution in [-0.2, 0) is 9.47 Å². The van der Waals surface area contributed by atoms with Crippen molar-refractivity contribution < 1.29 is 14.3 Å². The molecule has 0 aliphatic carbocycles. The number of methoxy groups -OCH3 is 1. The predicted octanol–water partition coefficient (Wildman–Crippen LogP) is 2.13. The number of likely N-dealkylation sites (tertiary alicyclic amines) is 1. The van der Waals surface area contributed by atoms with Gasteiger partial charge in [-0.05, 0) is 43.7 Å². The Morgan fingerprint density at radius 2 is 2.14 bits per heavy atom. The summed E-state index contributed by atoms with van der Waals surface area (Å²) in [5.74, 6) is 0.702. The first kappa shape index (κ1) is 15.4. The van der Waals surface area contributed by atoms with Gasteiger partial charge in [-0.15, -0.1) is 0 Å². The van der Waals surface area contributed by atoms with Crippen molar-refractivity contribution in [3.05, 3.63) is 30.1 Å². The third-order valence-electron chi connectivity index (χ3n) is 4.91. The summed E-state index contributed by atoms with van der Waals surface area (Å²) in [5.41, 5.74) is 0.712. The lowest BCUT2D eigenvalue weighted by Crippen LogP contribution is -2.46. The fourth-order valence-electron chi connectivity index (χ4n) is 3.55. The van der Waals surface area contributed by atoms with Crippen molar-refractivity contribution >= 4 is 5.91 Å². The van der Waals surface area contributed by atoms with Crippen LogP contribution >= 0.6 is 0 Å². The molecule has 120 valence electrons. The number of piperidine rings is 1. The van der Waals surface area contributed by atoms with E-state index in [-0.39, 0.29) is 11.5 Å². The van der Waals surface area contributed by atoms with Crippen LogP contribution in [0, 0.1) is 5.92 Å². The van der Waals surface area contributed by atoms with E-state index in [9.17, 15) is 4.79 Å². The van der Waals surface area contributed by atoms with Gasteiger partial charge in [0.05, 0.1) is 12.2 Å². The standard InChI is InChI=1S/C17H24N2O3/c1-21-11-4-14-12-17(22-13-14)5-9-19(10-6-17)16(20)15-2-7-18-8-3-15/h2-3,7-8,14H,4-6,9-13H2,1H3/t14-/m0/s1. The average Bonchev–Trinajstić information content (AvgIpc) is 2.96. The second-order valence-electron chi connectivity index (χ2n) is 6.37. The van der Waals surface area contributed by atoms with Crippen LogP contribution < -0.4 is 0 Å². The molecule has 5 heteroatoms. The van der Waals surface area contributed by atoms with Gasteiger partial charge in [0.15, 0.2) is 0 Å². The maximum Gasteiger partial charge on any atom is 0.253 e. The van der Waals surface area contributed by atoms with Crippen molar-refractivity contribution in [2.24, 2.45) is 5.92 Å². The number of hydrogen-bond acceptors (Lipinski definition) is 4. The Kier molecular flexibility index (Phi) is 4.74. The zero-order valence-electron chi connectivity index (χ0n) is 13.2. The number of carbonyl (C=O) groups is 1. The molecule has 0 saturated carbocycles.